The summed E-state index contributed by atoms with van der Waals surface area (Å²) < 4.78 is 79.5. The molecule has 0 saturated carbocycles. The summed E-state index contributed by atoms with van der Waals surface area (Å²) in [7, 11) is 0. The van der Waals surface area contributed by atoms with Crippen LogP contribution < -0.4 is 0 Å². The number of alkyl halides is 6. The van der Waals surface area contributed by atoms with Gasteiger partial charge in [0.15, 0.2) is 0 Å². The van der Waals surface area contributed by atoms with Gasteiger partial charge >= 0.3 is 12.4 Å². The summed E-state index contributed by atoms with van der Waals surface area (Å²) in [6, 6.07) is 17.6. The number of benzene rings is 2. The minimum Gasteiger partial charge on any atom is -0.256 e. The monoisotopic (exact) mass is 444 g/mol. The smallest absolute Gasteiger partial charge is 0.256 e. The number of pyridine rings is 2. The van der Waals surface area contributed by atoms with Gasteiger partial charge in [0.25, 0.3) is 0 Å². The Hall–Kier alpha value is -3.68. The number of hydrogen-bond acceptors (Lipinski definition) is 2. The van der Waals surface area contributed by atoms with Crippen LogP contribution in [0, 0.1) is 0 Å². The first kappa shape index (κ1) is 21.5. The molecular weight excluding hydrogens is 430 g/mol. The normalized spacial score (nSPS) is 12.1. The Labute approximate surface area is 179 Å². The van der Waals surface area contributed by atoms with Crippen LogP contribution in [0.3, 0.4) is 0 Å². The first-order valence-corrected chi connectivity index (χ1v) is 9.41. The molecule has 2 aromatic heterocycles. The van der Waals surface area contributed by atoms with Crippen LogP contribution in [0.25, 0.3) is 33.8 Å². The van der Waals surface area contributed by atoms with E-state index in [1.54, 1.807) is 18.2 Å². The summed E-state index contributed by atoms with van der Waals surface area (Å²) in [6.07, 6.45) is -7.57. The Balaban J connectivity index is 1.81. The van der Waals surface area contributed by atoms with Crippen molar-refractivity contribution in [3.63, 3.8) is 0 Å². The van der Waals surface area contributed by atoms with Crippen molar-refractivity contribution in [2.45, 2.75) is 12.4 Å². The average molecular weight is 444 g/mol. The van der Waals surface area contributed by atoms with Gasteiger partial charge in [-0.15, -0.1) is 0 Å². The molecule has 4 aromatic rings. The van der Waals surface area contributed by atoms with Crippen LogP contribution in [0.1, 0.15) is 11.1 Å². The molecule has 0 bridgehead atoms. The molecule has 2 aromatic carbocycles. The van der Waals surface area contributed by atoms with E-state index in [-0.39, 0.29) is 17.0 Å². The van der Waals surface area contributed by atoms with Gasteiger partial charge in [0.1, 0.15) is 0 Å². The summed E-state index contributed by atoms with van der Waals surface area (Å²) in [5.41, 5.74) is -0.186. The SMILES string of the molecule is FC(F)(F)c1ccc(-c2cccc(-c3cc(-c4ccccn4)ccc3C(F)(F)F)n2)cc1. The molecule has 0 N–H and O–H groups in total. The fourth-order valence-corrected chi connectivity index (χ4v) is 3.27. The molecule has 0 fully saturated rings. The second-order valence-corrected chi connectivity index (χ2v) is 6.96. The third-order valence-corrected chi connectivity index (χ3v) is 4.82. The van der Waals surface area contributed by atoms with E-state index < -0.39 is 23.5 Å². The largest absolute Gasteiger partial charge is 0.417 e. The van der Waals surface area contributed by atoms with Gasteiger partial charge in [-0.3, -0.25) is 4.98 Å². The molecule has 0 saturated heterocycles. The Morgan fingerprint density at radius 3 is 1.84 bits per heavy atom. The Morgan fingerprint density at radius 2 is 1.22 bits per heavy atom. The Morgan fingerprint density at radius 1 is 0.562 bits per heavy atom. The number of halogens is 6. The molecule has 8 heteroatoms. The van der Waals surface area contributed by atoms with Crippen molar-refractivity contribution in [3.8, 4) is 33.8 Å². The maximum atomic E-state index is 13.7. The quantitative estimate of drug-likeness (QED) is 0.306. The highest BCUT2D eigenvalue weighted by atomic mass is 19.4. The second-order valence-electron chi connectivity index (χ2n) is 6.96. The molecule has 0 aliphatic heterocycles. The van der Waals surface area contributed by atoms with Crippen LogP contribution in [-0.2, 0) is 12.4 Å². The first-order chi connectivity index (χ1) is 15.1. The van der Waals surface area contributed by atoms with Crippen molar-refractivity contribution < 1.29 is 26.3 Å². The zero-order valence-electron chi connectivity index (χ0n) is 16.2. The topological polar surface area (TPSA) is 25.8 Å². The highest BCUT2D eigenvalue weighted by Gasteiger charge is 2.34. The van der Waals surface area contributed by atoms with Gasteiger partial charge in [-0.05, 0) is 48.5 Å². The minimum atomic E-state index is -4.62. The molecule has 0 spiro atoms. The van der Waals surface area contributed by atoms with Gasteiger partial charge in [-0.25, -0.2) is 4.98 Å². The molecule has 2 nitrogen and oxygen atoms in total. The molecule has 0 amide bonds. The molecule has 0 radical (unpaired) electrons. The van der Waals surface area contributed by atoms with Gasteiger partial charge in [-0.1, -0.05) is 30.3 Å². The fourth-order valence-electron chi connectivity index (χ4n) is 3.27. The van der Waals surface area contributed by atoms with E-state index in [0.29, 0.717) is 16.8 Å². The van der Waals surface area contributed by atoms with Crippen molar-refractivity contribution in [3.05, 3.63) is 96.2 Å². The minimum absolute atomic E-state index is 0.0486. The Kier molecular flexibility index (Phi) is 5.46. The lowest BCUT2D eigenvalue weighted by molar-refractivity contribution is -0.138. The van der Waals surface area contributed by atoms with E-state index in [2.05, 4.69) is 9.97 Å². The van der Waals surface area contributed by atoms with Gasteiger partial charge in [0, 0.05) is 22.9 Å². The lowest BCUT2D eigenvalue weighted by Gasteiger charge is -2.15. The molecule has 4 rings (SSSR count). The second kappa shape index (κ2) is 8.11. The van der Waals surface area contributed by atoms with Crippen LogP contribution in [0.5, 0.6) is 0 Å². The molecule has 2 heterocycles. The van der Waals surface area contributed by atoms with E-state index in [4.69, 9.17) is 0 Å². The highest BCUT2D eigenvalue weighted by molar-refractivity contribution is 5.74. The third-order valence-electron chi connectivity index (χ3n) is 4.82. The molecule has 32 heavy (non-hydrogen) atoms. The number of nitrogens with zero attached hydrogens (tertiary/aromatic N) is 2. The molecular formula is C24H14F6N2. The number of hydrogen-bond donors (Lipinski definition) is 0. The predicted octanol–water partition coefficient (Wildman–Crippen LogP) is 7.52. The average Bonchev–Trinajstić information content (AvgIpc) is 2.78. The van der Waals surface area contributed by atoms with Crippen molar-refractivity contribution in [1.29, 1.82) is 0 Å². The molecule has 0 atom stereocenters. The lowest BCUT2D eigenvalue weighted by atomic mass is 9.98. The van der Waals surface area contributed by atoms with Crippen LogP contribution in [0.2, 0.25) is 0 Å². The van der Waals surface area contributed by atoms with E-state index >= 15 is 0 Å². The van der Waals surface area contributed by atoms with Gasteiger partial charge in [-0.2, -0.15) is 26.3 Å². The van der Waals surface area contributed by atoms with E-state index in [0.717, 1.165) is 18.2 Å². The van der Waals surface area contributed by atoms with Crippen molar-refractivity contribution in [1.82, 2.24) is 9.97 Å². The predicted molar refractivity (Wildman–Crippen MR) is 108 cm³/mol. The summed E-state index contributed by atoms with van der Waals surface area (Å²) in [6.45, 7) is 0. The van der Waals surface area contributed by atoms with Crippen LogP contribution >= 0.6 is 0 Å². The van der Waals surface area contributed by atoms with Crippen molar-refractivity contribution in [2.75, 3.05) is 0 Å². The van der Waals surface area contributed by atoms with Crippen LogP contribution in [0.4, 0.5) is 26.3 Å². The van der Waals surface area contributed by atoms with Crippen LogP contribution in [0.15, 0.2) is 85.1 Å². The lowest BCUT2D eigenvalue weighted by Crippen LogP contribution is -2.08. The summed E-state index contributed by atoms with van der Waals surface area (Å²) in [4.78, 5) is 8.49. The molecule has 162 valence electrons. The third kappa shape index (κ3) is 4.49. The standard InChI is InChI=1S/C24H14F6N2/c25-23(26,27)17-10-7-15(8-11-17)21-5-3-6-22(32-21)18-14-16(20-4-1-2-13-31-20)9-12-19(18)24(28,29)30/h1-14H. The van der Waals surface area contributed by atoms with Gasteiger partial charge in [0.2, 0.25) is 0 Å². The zero-order valence-corrected chi connectivity index (χ0v) is 16.2. The highest BCUT2D eigenvalue weighted by Crippen LogP contribution is 2.39. The van der Waals surface area contributed by atoms with E-state index in [9.17, 15) is 26.3 Å². The molecule has 0 aliphatic rings. The molecule has 0 aliphatic carbocycles. The van der Waals surface area contributed by atoms with Crippen molar-refractivity contribution in [2.24, 2.45) is 0 Å². The Bertz CT molecular complexity index is 1230. The van der Waals surface area contributed by atoms with E-state index in [1.165, 1.54) is 48.7 Å². The zero-order chi connectivity index (χ0) is 22.9. The summed E-state index contributed by atoms with van der Waals surface area (Å²) in [5, 5.41) is 0. The summed E-state index contributed by atoms with van der Waals surface area (Å²) in [5.74, 6) is 0. The summed E-state index contributed by atoms with van der Waals surface area (Å²) >= 11 is 0. The van der Waals surface area contributed by atoms with Gasteiger partial charge in [0.05, 0.1) is 28.2 Å². The fraction of sp³-hybridized carbons (Fsp3) is 0.0833. The number of rotatable bonds is 3. The van der Waals surface area contributed by atoms with Crippen molar-refractivity contribution >= 4 is 0 Å². The maximum Gasteiger partial charge on any atom is 0.417 e. The maximum absolute atomic E-state index is 13.7. The van der Waals surface area contributed by atoms with Crippen LogP contribution in [-0.4, -0.2) is 9.97 Å². The first-order valence-electron chi connectivity index (χ1n) is 9.41. The number of aromatic nitrogens is 2. The van der Waals surface area contributed by atoms with E-state index in [1.807, 2.05) is 0 Å². The molecule has 0 unspecified atom stereocenters. The van der Waals surface area contributed by atoms with Gasteiger partial charge < -0.3 is 0 Å².